The molecule has 0 aliphatic carbocycles. The Kier molecular flexibility index (Phi) is 9.16. The molecule has 212 valence electrons. The van der Waals surface area contributed by atoms with Crippen molar-refractivity contribution in [3.63, 3.8) is 0 Å². The Morgan fingerprint density at radius 3 is 1.87 bits per heavy atom. The van der Waals surface area contributed by atoms with Crippen molar-refractivity contribution in [3.8, 4) is 0 Å². The fourth-order valence-electron chi connectivity index (χ4n) is 4.67. The number of nitrogens with two attached hydrogens (primary N) is 2. The van der Waals surface area contributed by atoms with E-state index in [1.165, 1.54) is 9.80 Å². The van der Waals surface area contributed by atoms with Gasteiger partial charge in [-0.2, -0.15) is 26.3 Å². The molecule has 39 heavy (non-hydrogen) atoms. The van der Waals surface area contributed by atoms with Crippen LogP contribution in [-0.4, -0.2) is 59.2 Å². The van der Waals surface area contributed by atoms with Crippen molar-refractivity contribution >= 4 is 29.3 Å². The van der Waals surface area contributed by atoms with Crippen molar-refractivity contribution in [1.82, 2.24) is 9.80 Å². The van der Waals surface area contributed by atoms with Crippen LogP contribution in [0.2, 0.25) is 5.02 Å². The summed E-state index contributed by atoms with van der Waals surface area (Å²) in [4.78, 5) is 39.3. The Morgan fingerprint density at radius 1 is 0.897 bits per heavy atom. The summed E-state index contributed by atoms with van der Waals surface area (Å²) in [7, 11) is 0. The third-order valence-electron chi connectivity index (χ3n) is 6.40. The third-order valence-corrected chi connectivity index (χ3v) is 6.65. The summed E-state index contributed by atoms with van der Waals surface area (Å²) in [6.07, 6.45) is -9.76. The van der Waals surface area contributed by atoms with E-state index in [2.05, 4.69) is 0 Å². The maximum Gasteiger partial charge on any atom is 0.416 e. The second-order valence-electron chi connectivity index (χ2n) is 9.29. The second kappa shape index (κ2) is 11.8. The fraction of sp³-hybridized carbons (Fsp3) is 0.400. The molecule has 0 saturated carbocycles. The summed E-state index contributed by atoms with van der Waals surface area (Å²) < 4.78 is 80.4. The first-order valence-corrected chi connectivity index (χ1v) is 12.1. The topological polar surface area (TPSA) is 110 Å². The van der Waals surface area contributed by atoms with Crippen LogP contribution in [0.15, 0.2) is 42.5 Å². The van der Waals surface area contributed by atoms with Crippen LogP contribution >= 0.6 is 11.6 Å². The zero-order valence-electron chi connectivity index (χ0n) is 20.4. The van der Waals surface area contributed by atoms with Gasteiger partial charge < -0.3 is 16.4 Å². The normalized spacial score (nSPS) is 18.3. The first-order valence-electron chi connectivity index (χ1n) is 11.7. The Morgan fingerprint density at radius 2 is 1.41 bits per heavy atom. The highest BCUT2D eigenvalue weighted by atomic mass is 35.5. The van der Waals surface area contributed by atoms with Gasteiger partial charge in [0.05, 0.1) is 24.2 Å². The van der Waals surface area contributed by atoms with E-state index in [0.29, 0.717) is 22.7 Å². The number of amides is 3. The number of hydrogen-bond donors (Lipinski definition) is 2. The van der Waals surface area contributed by atoms with E-state index in [9.17, 15) is 40.7 Å². The summed E-state index contributed by atoms with van der Waals surface area (Å²) in [5.74, 6) is -2.47. The van der Waals surface area contributed by atoms with Gasteiger partial charge in [-0.05, 0) is 55.2 Å². The molecule has 1 aliphatic rings. The zero-order chi connectivity index (χ0) is 29.1. The maximum atomic E-state index is 13.5. The number of rotatable bonds is 8. The standard InChI is InChI=1S/C25H25ClF6N4O3/c26-18-3-1-14(2-4-18)7-20-11-19(35(12-21(33)37)13-22(34)38)5-6-36(20)23(39)15-8-16(24(27,28)29)10-17(9-15)25(30,31)32/h1-4,8-10,19-20H,5-7,11-13H2,(H2,33,37)(H2,34,38). The van der Waals surface area contributed by atoms with Crippen molar-refractivity contribution in [2.75, 3.05) is 19.6 Å². The molecule has 3 amide bonds. The van der Waals surface area contributed by atoms with Gasteiger partial charge in [0.25, 0.3) is 5.91 Å². The average Bonchev–Trinajstić information content (AvgIpc) is 2.82. The summed E-state index contributed by atoms with van der Waals surface area (Å²) in [5, 5.41) is 0.436. The first kappa shape index (κ1) is 30.2. The van der Waals surface area contributed by atoms with Crippen LogP contribution in [0, 0.1) is 0 Å². The quantitative estimate of drug-likeness (QED) is 0.464. The zero-order valence-corrected chi connectivity index (χ0v) is 21.1. The van der Waals surface area contributed by atoms with E-state index >= 15 is 0 Å². The van der Waals surface area contributed by atoms with Crippen molar-refractivity contribution in [3.05, 3.63) is 69.7 Å². The molecule has 1 saturated heterocycles. The van der Waals surface area contributed by atoms with Gasteiger partial charge in [-0.3, -0.25) is 19.3 Å². The van der Waals surface area contributed by atoms with Gasteiger partial charge in [-0.25, -0.2) is 0 Å². The Balaban J connectivity index is 2.00. The largest absolute Gasteiger partial charge is 0.416 e. The number of hydrogen-bond acceptors (Lipinski definition) is 4. The molecule has 3 rings (SSSR count). The number of likely N-dealkylation sites (tertiary alicyclic amines) is 1. The highest BCUT2D eigenvalue weighted by Gasteiger charge is 2.40. The molecule has 1 heterocycles. The number of carbonyl (C=O) groups is 3. The van der Waals surface area contributed by atoms with Crippen molar-refractivity contribution in [2.24, 2.45) is 11.5 Å². The SMILES string of the molecule is NC(=O)CN(CC(N)=O)C1CCN(C(=O)c2cc(C(F)(F)F)cc(C(F)(F)F)c2)C(Cc2ccc(Cl)cc2)C1. The molecule has 0 bridgehead atoms. The van der Waals surface area contributed by atoms with Gasteiger partial charge in [-0.15, -0.1) is 0 Å². The Hall–Kier alpha value is -3.32. The minimum atomic E-state index is -5.12. The Labute approximate surface area is 224 Å². The van der Waals surface area contributed by atoms with Crippen molar-refractivity contribution in [1.29, 1.82) is 0 Å². The van der Waals surface area contributed by atoms with Gasteiger partial charge in [0.2, 0.25) is 11.8 Å². The molecule has 2 unspecified atom stereocenters. The minimum absolute atomic E-state index is 0.0419. The predicted molar refractivity (Wildman–Crippen MR) is 129 cm³/mol. The molecule has 1 aliphatic heterocycles. The molecule has 4 N–H and O–H groups in total. The van der Waals surface area contributed by atoms with Crippen LogP contribution in [0.1, 0.15) is 39.9 Å². The number of halogens is 7. The smallest absolute Gasteiger partial charge is 0.369 e. The molecule has 14 heteroatoms. The van der Waals surface area contributed by atoms with Crippen LogP contribution < -0.4 is 11.5 Å². The molecule has 0 aromatic heterocycles. The number of carbonyl (C=O) groups excluding carboxylic acids is 3. The van der Waals surface area contributed by atoms with Gasteiger partial charge in [0.1, 0.15) is 0 Å². The summed E-state index contributed by atoms with van der Waals surface area (Å²) in [6, 6.07) is 6.10. The van der Waals surface area contributed by atoms with Crippen LogP contribution in [0.5, 0.6) is 0 Å². The van der Waals surface area contributed by atoms with Crippen LogP contribution in [-0.2, 0) is 28.4 Å². The highest BCUT2D eigenvalue weighted by Crippen LogP contribution is 2.37. The molecule has 2 aromatic rings. The molecule has 0 radical (unpaired) electrons. The summed E-state index contributed by atoms with van der Waals surface area (Å²) in [6.45, 7) is -0.692. The maximum absolute atomic E-state index is 13.5. The Bertz CT molecular complexity index is 1170. The van der Waals surface area contributed by atoms with E-state index in [1.807, 2.05) is 0 Å². The molecular weight excluding hydrogens is 554 g/mol. The third kappa shape index (κ3) is 8.09. The lowest BCUT2D eigenvalue weighted by Gasteiger charge is -2.43. The number of piperidine rings is 1. The number of benzene rings is 2. The van der Waals surface area contributed by atoms with Crippen LogP contribution in [0.25, 0.3) is 0 Å². The van der Waals surface area contributed by atoms with Crippen LogP contribution in [0.3, 0.4) is 0 Å². The molecular formula is C25H25ClF6N4O3. The van der Waals surface area contributed by atoms with Gasteiger partial charge in [0.15, 0.2) is 0 Å². The molecule has 1 fully saturated rings. The number of nitrogens with zero attached hydrogens (tertiary/aromatic N) is 2. The fourth-order valence-corrected chi connectivity index (χ4v) is 4.80. The van der Waals surface area contributed by atoms with Gasteiger partial charge >= 0.3 is 12.4 Å². The van der Waals surface area contributed by atoms with E-state index in [1.54, 1.807) is 24.3 Å². The van der Waals surface area contributed by atoms with Gasteiger partial charge in [0, 0.05) is 29.2 Å². The van der Waals surface area contributed by atoms with E-state index in [4.69, 9.17) is 23.1 Å². The number of alkyl halides is 6. The number of primary amides is 2. The lowest BCUT2D eigenvalue weighted by Crippen LogP contribution is -2.55. The summed E-state index contributed by atoms with van der Waals surface area (Å²) in [5.41, 5.74) is 7.35. The van der Waals surface area contributed by atoms with Crippen molar-refractivity contribution < 1.29 is 40.7 Å². The van der Waals surface area contributed by atoms with Crippen molar-refractivity contribution in [2.45, 2.75) is 43.7 Å². The first-order chi connectivity index (χ1) is 18.0. The lowest BCUT2D eigenvalue weighted by molar-refractivity contribution is -0.143. The summed E-state index contributed by atoms with van der Waals surface area (Å²) >= 11 is 5.94. The van der Waals surface area contributed by atoms with E-state index in [-0.39, 0.29) is 45.0 Å². The lowest BCUT2D eigenvalue weighted by atomic mass is 9.90. The second-order valence-corrected chi connectivity index (χ2v) is 9.73. The molecule has 0 spiro atoms. The monoisotopic (exact) mass is 578 g/mol. The van der Waals surface area contributed by atoms with Crippen LogP contribution in [0.4, 0.5) is 26.3 Å². The predicted octanol–water partition coefficient (Wildman–Crippen LogP) is 3.87. The van der Waals surface area contributed by atoms with Gasteiger partial charge in [-0.1, -0.05) is 23.7 Å². The molecule has 2 aromatic carbocycles. The molecule has 7 nitrogen and oxygen atoms in total. The van der Waals surface area contributed by atoms with E-state index < -0.39 is 58.8 Å². The highest BCUT2D eigenvalue weighted by molar-refractivity contribution is 6.30. The minimum Gasteiger partial charge on any atom is -0.369 e. The average molecular weight is 579 g/mol. The van der Waals surface area contributed by atoms with E-state index in [0.717, 1.165) is 0 Å². The molecule has 2 atom stereocenters.